The summed E-state index contributed by atoms with van der Waals surface area (Å²) in [5.41, 5.74) is 5.27. The van der Waals surface area contributed by atoms with Crippen LogP contribution in [0.4, 0.5) is 0 Å². The van der Waals surface area contributed by atoms with Crippen molar-refractivity contribution in [3.63, 3.8) is 0 Å². The summed E-state index contributed by atoms with van der Waals surface area (Å²) in [7, 11) is 3.98. The number of carbonyl (C=O) groups excluding carboxylic acids is 1. The highest BCUT2D eigenvalue weighted by atomic mass is 79.9. The average molecular weight is 467 g/mol. The van der Waals surface area contributed by atoms with Crippen molar-refractivity contribution in [3.8, 4) is 0 Å². The first kappa shape index (κ1) is 21.9. The lowest BCUT2D eigenvalue weighted by Crippen LogP contribution is -2.17. The zero-order valence-corrected chi connectivity index (χ0v) is 18.5. The molecule has 0 saturated heterocycles. The minimum Gasteiger partial charge on any atom is -0.309 e. The van der Waals surface area contributed by atoms with Gasteiger partial charge in [0.1, 0.15) is 0 Å². The molecule has 142 valence electrons. The van der Waals surface area contributed by atoms with Crippen LogP contribution >= 0.6 is 39.9 Å². The maximum absolute atomic E-state index is 12.9. The third-order valence-electron chi connectivity index (χ3n) is 4.45. The van der Waals surface area contributed by atoms with Crippen molar-refractivity contribution in [2.24, 2.45) is 0 Å². The van der Waals surface area contributed by atoms with Crippen molar-refractivity contribution >= 4 is 57.4 Å². The summed E-state index contributed by atoms with van der Waals surface area (Å²) in [5.74, 6) is 0.204. The van der Waals surface area contributed by atoms with E-state index in [0.29, 0.717) is 6.42 Å². The van der Waals surface area contributed by atoms with Gasteiger partial charge >= 0.3 is 0 Å². The van der Waals surface area contributed by atoms with Crippen molar-refractivity contribution in [3.05, 3.63) is 80.3 Å². The monoisotopic (exact) mass is 465 g/mol. The van der Waals surface area contributed by atoms with Gasteiger partial charge in [-0.3, -0.25) is 4.79 Å². The fourth-order valence-electron chi connectivity index (χ4n) is 3.11. The summed E-state index contributed by atoms with van der Waals surface area (Å²) >= 11 is 9.49. The first-order chi connectivity index (χ1) is 12.4. The predicted octanol–water partition coefficient (Wildman–Crippen LogP) is 6.07. The largest absolute Gasteiger partial charge is 0.309 e. The van der Waals surface area contributed by atoms with E-state index in [1.165, 1.54) is 5.56 Å². The molecule has 0 saturated carbocycles. The van der Waals surface area contributed by atoms with Gasteiger partial charge < -0.3 is 4.90 Å². The Morgan fingerprint density at radius 2 is 1.85 bits per heavy atom. The molecule has 2 nitrogen and oxygen atoms in total. The van der Waals surface area contributed by atoms with Crippen LogP contribution in [0.25, 0.3) is 11.6 Å². The summed E-state index contributed by atoms with van der Waals surface area (Å²) in [4.78, 5) is 15.0. The van der Waals surface area contributed by atoms with E-state index in [-0.39, 0.29) is 18.2 Å². The van der Waals surface area contributed by atoms with E-state index in [2.05, 4.69) is 28.1 Å². The Hall–Kier alpha value is -1.39. The Bertz CT molecular complexity index is 886. The van der Waals surface area contributed by atoms with Crippen molar-refractivity contribution in [2.45, 2.75) is 12.8 Å². The summed E-state index contributed by atoms with van der Waals surface area (Å²) in [6, 6.07) is 13.9. The van der Waals surface area contributed by atoms with E-state index in [1.807, 2.05) is 61.5 Å². The first-order valence-electron chi connectivity index (χ1n) is 8.57. The van der Waals surface area contributed by atoms with E-state index in [0.717, 1.165) is 44.7 Å². The minimum atomic E-state index is 0. The third-order valence-corrected chi connectivity index (χ3v) is 5.20. The molecular weight excluding hydrogens is 445 g/mol. The summed E-state index contributed by atoms with van der Waals surface area (Å²) < 4.78 is 1.04. The Labute approximate surface area is 180 Å². The quantitative estimate of drug-likeness (QED) is 0.514. The molecule has 2 aromatic rings. The highest BCUT2D eigenvalue weighted by molar-refractivity contribution is 9.10. The second kappa shape index (κ2) is 9.70. The van der Waals surface area contributed by atoms with Crippen LogP contribution in [0.1, 0.15) is 23.1 Å². The SMILES string of the molecule is CN(C)CCC(=O)C1=C(/C=C/c2ccc(Cl)cc2)Cc2cc(Br)ccc21.Cl. The normalized spacial score (nSPS) is 13.2. The van der Waals surface area contributed by atoms with Crippen LogP contribution in [-0.4, -0.2) is 31.3 Å². The topological polar surface area (TPSA) is 20.3 Å². The minimum absolute atomic E-state index is 0. The van der Waals surface area contributed by atoms with Crippen molar-refractivity contribution in [1.29, 1.82) is 0 Å². The molecule has 0 bridgehead atoms. The van der Waals surface area contributed by atoms with Gasteiger partial charge in [-0.25, -0.2) is 0 Å². The molecule has 5 heteroatoms. The van der Waals surface area contributed by atoms with Gasteiger partial charge in [0.05, 0.1) is 0 Å². The number of allylic oxidation sites excluding steroid dienone is 3. The van der Waals surface area contributed by atoms with Crippen LogP contribution in [0.2, 0.25) is 5.02 Å². The number of nitrogens with zero attached hydrogens (tertiary/aromatic N) is 1. The molecule has 0 atom stereocenters. The molecule has 0 aromatic heterocycles. The zero-order valence-electron chi connectivity index (χ0n) is 15.3. The van der Waals surface area contributed by atoms with Gasteiger partial charge in [0.2, 0.25) is 0 Å². The Morgan fingerprint density at radius 1 is 1.15 bits per heavy atom. The van der Waals surface area contributed by atoms with E-state index >= 15 is 0 Å². The lowest BCUT2D eigenvalue weighted by molar-refractivity contribution is -0.114. The van der Waals surface area contributed by atoms with E-state index in [1.54, 1.807) is 0 Å². The molecule has 0 radical (unpaired) electrons. The van der Waals surface area contributed by atoms with E-state index in [4.69, 9.17) is 11.6 Å². The lowest BCUT2D eigenvalue weighted by atomic mass is 9.99. The smallest absolute Gasteiger partial charge is 0.165 e. The molecule has 0 unspecified atom stereocenters. The molecule has 0 heterocycles. The van der Waals surface area contributed by atoms with Crippen molar-refractivity contribution in [2.75, 3.05) is 20.6 Å². The molecule has 3 rings (SSSR count). The lowest BCUT2D eigenvalue weighted by Gasteiger charge is -2.10. The van der Waals surface area contributed by atoms with Gasteiger partial charge in [0.15, 0.2) is 5.78 Å². The van der Waals surface area contributed by atoms with Crippen LogP contribution in [0.3, 0.4) is 0 Å². The Balaban J connectivity index is 0.00000261. The number of halogens is 3. The van der Waals surface area contributed by atoms with Gasteiger partial charge in [-0.05, 0) is 67.0 Å². The van der Waals surface area contributed by atoms with Crippen molar-refractivity contribution in [1.82, 2.24) is 4.90 Å². The maximum Gasteiger partial charge on any atom is 0.165 e. The first-order valence-corrected chi connectivity index (χ1v) is 9.74. The number of carbonyl (C=O) groups is 1. The third kappa shape index (κ3) is 5.55. The molecule has 0 fully saturated rings. The number of hydrogen-bond acceptors (Lipinski definition) is 2. The maximum atomic E-state index is 12.9. The molecule has 0 amide bonds. The Morgan fingerprint density at radius 3 is 2.52 bits per heavy atom. The fraction of sp³-hybridized carbons (Fsp3) is 0.227. The van der Waals surface area contributed by atoms with Gasteiger partial charge in [-0.1, -0.05) is 57.9 Å². The summed E-state index contributed by atoms with van der Waals surface area (Å²) in [6.07, 6.45) is 5.42. The molecule has 0 spiro atoms. The summed E-state index contributed by atoms with van der Waals surface area (Å²) in [6.45, 7) is 0.752. The molecule has 0 N–H and O–H groups in total. The number of ketones is 1. The molecule has 1 aliphatic rings. The number of Topliss-reactive ketones (excluding diaryl/α,β-unsaturated/α-hetero) is 1. The number of benzene rings is 2. The zero-order chi connectivity index (χ0) is 18.7. The molecule has 1 aliphatic carbocycles. The number of hydrogen-bond donors (Lipinski definition) is 0. The van der Waals surface area contributed by atoms with Gasteiger partial charge in [0.25, 0.3) is 0 Å². The molecule has 2 aromatic carbocycles. The van der Waals surface area contributed by atoms with E-state index in [9.17, 15) is 4.79 Å². The van der Waals surface area contributed by atoms with Crippen LogP contribution in [0.5, 0.6) is 0 Å². The Kier molecular flexibility index (Phi) is 7.87. The standard InChI is InChI=1S/C22H21BrClNO.ClH/c1-25(2)12-11-21(26)22-16(6-3-15-4-8-19(24)9-5-15)13-17-14-18(23)7-10-20(17)22;/h3-10,14H,11-13H2,1-2H3;1H/b6-3+;. The second-order valence-electron chi connectivity index (χ2n) is 6.74. The molecular formula is C22H22BrCl2NO. The van der Waals surface area contributed by atoms with Crippen LogP contribution in [-0.2, 0) is 11.2 Å². The van der Waals surface area contributed by atoms with Crippen LogP contribution in [0.15, 0.2) is 58.6 Å². The highest BCUT2D eigenvalue weighted by Gasteiger charge is 2.25. The second-order valence-corrected chi connectivity index (χ2v) is 8.09. The van der Waals surface area contributed by atoms with Crippen molar-refractivity contribution < 1.29 is 4.79 Å². The number of rotatable bonds is 6. The average Bonchev–Trinajstić information content (AvgIpc) is 2.96. The molecule has 27 heavy (non-hydrogen) atoms. The van der Waals surface area contributed by atoms with Crippen LogP contribution < -0.4 is 0 Å². The van der Waals surface area contributed by atoms with E-state index < -0.39 is 0 Å². The van der Waals surface area contributed by atoms with Gasteiger partial charge in [-0.2, -0.15) is 0 Å². The highest BCUT2D eigenvalue weighted by Crippen LogP contribution is 2.36. The predicted molar refractivity (Wildman–Crippen MR) is 121 cm³/mol. The molecule has 0 aliphatic heterocycles. The fourth-order valence-corrected chi connectivity index (χ4v) is 3.65. The van der Waals surface area contributed by atoms with Gasteiger partial charge in [-0.15, -0.1) is 12.4 Å². The van der Waals surface area contributed by atoms with Crippen LogP contribution in [0, 0.1) is 0 Å². The summed E-state index contributed by atoms with van der Waals surface area (Å²) in [5, 5.41) is 0.721. The van der Waals surface area contributed by atoms with Gasteiger partial charge in [0, 0.05) is 28.0 Å². The number of fused-ring (bicyclic) bond motifs is 1.